The predicted octanol–water partition coefficient (Wildman–Crippen LogP) is 3.37. The van der Waals surface area contributed by atoms with Gasteiger partial charge >= 0.3 is 12.1 Å². The molecule has 3 heterocycles. The van der Waals surface area contributed by atoms with E-state index >= 15 is 0 Å². The van der Waals surface area contributed by atoms with Crippen LogP contribution in [0.2, 0.25) is 0 Å². The molecule has 0 spiro atoms. The van der Waals surface area contributed by atoms with Gasteiger partial charge in [0.1, 0.15) is 6.10 Å². The summed E-state index contributed by atoms with van der Waals surface area (Å²) in [5, 5.41) is 11.9. The molecule has 3 aromatic rings. The van der Waals surface area contributed by atoms with Crippen LogP contribution in [0.15, 0.2) is 47.7 Å². The number of aromatic nitrogens is 2. The van der Waals surface area contributed by atoms with Crippen LogP contribution in [0.25, 0.3) is 21.9 Å². The maximum atomic E-state index is 12.4. The van der Waals surface area contributed by atoms with Gasteiger partial charge in [0.2, 0.25) is 0 Å². The second-order valence-corrected chi connectivity index (χ2v) is 7.62. The lowest BCUT2D eigenvalue weighted by atomic mass is 10.0. The van der Waals surface area contributed by atoms with Crippen LogP contribution in [0.3, 0.4) is 0 Å². The van der Waals surface area contributed by atoms with Crippen LogP contribution in [-0.2, 0) is 11.8 Å². The van der Waals surface area contributed by atoms with E-state index in [4.69, 9.17) is 19.4 Å². The van der Waals surface area contributed by atoms with E-state index in [-0.39, 0.29) is 11.7 Å². The third kappa shape index (κ3) is 5.84. The maximum absolute atomic E-state index is 12.4. The Balaban J connectivity index is 0.000000406. The Morgan fingerprint density at radius 2 is 1.85 bits per heavy atom. The molecule has 1 fully saturated rings. The van der Waals surface area contributed by atoms with Crippen LogP contribution in [-0.4, -0.2) is 53.1 Å². The Morgan fingerprint density at radius 1 is 1.18 bits per heavy atom. The van der Waals surface area contributed by atoms with Crippen molar-refractivity contribution in [3.05, 3.63) is 53.2 Å². The van der Waals surface area contributed by atoms with E-state index in [1.807, 2.05) is 30.5 Å². The van der Waals surface area contributed by atoms with Gasteiger partial charge in [-0.05, 0) is 55.1 Å². The van der Waals surface area contributed by atoms with Gasteiger partial charge in [-0.2, -0.15) is 13.2 Å². The molecule has 0 amide bonds. The molecule has 0 saturated carbocycles. The number of aliphatic carboxylic acids is 1. The zero-order valence-electron chi connectivity index (χ0n) is 18.6. The van der Waals surface area contributed by atoms with Gasteiger partial charge in [0.15, 0.2) is 11.5 Å². The van der Waals surface area contributed by atoms with E-state index in [0.717, 1.165) is 48.2 Å². The lowest BCUT2D eigenvalue weighted by molar-refractivity contribution is -0.192. The summed E-state index contributed by atoms with van der Waals surface area (Å²) in [7, 11) is 3.40. The molecule has 1 aliphatic rings. The van der Waals surface area contributed by atoms with Crippen molar-refractivity contribution in [1.29, 1.82) is 0 Å². The molecule has 1 aromatic carbocycles. The number of rotatable bonds is 4. The van der Waals surface area contributed by atoms with E-state index < -0.39 is 12.1 Å². The normalized spacial score (nSPS) is 14.3. The monoisotopic (exact) mass is 479 g/mol. The van der Waals surface area contributed by atoms with Gasteiger partial charge in [-0.25, -0.2) is 4.79 Å². The molecule has 34 heavy (non-hydrogen) atoms. The van der Waals surface area contributed by atoms with Gasteiger partial charge in [0.05, 0.1) is 12.5 Å². The fraction of sp³-hybridized carbons (Fsp3) is 0.348. The number of hydrogen-bond acceptors (Lipinski definition) is 6. The zero-order valence-corrected chi connectivity index (χ0v) is 18.6. The molecule has 1 saturated heterocycles. The molecule has 0 unspecified atom stereocenters. The topological polar surface area (TPSA) is 103 Å². The Bertz CT molecular complexity index is 1220. The van der Waals surface area contributed by atoms with Crippen molar-refractivity contribution in [2.45, 2.75) is 25.1 Å². The van der Waals surface area contributed by atoms with Crippen molar-refractivity contribution in [1.82, 2.24) is 14.9 Å². The number of carboxylic acids is 1. The summed E-state index contributed by atoms with van der Waals surface area (Å²) in [6.07, 6.45) is 2.28. The zero-order chi connectivity index (χ0) is 24.9. The largest absolute Gasteiger partial charge is 0.493 e. The van der Waals surface area contributed by atoms with E-state index in [1.165, 1.54) is 0 Å². The van der Waals surface area contributed by atoms with E-state index in [1.54, 1.807) is 31.1 Å². The predicted molar refractivity (Wildman–Crippen MR) is 119 cm³/mol. The highest BCUT2D eigenvalue weighted by atomic mass is 19.4. The number of ether oxygens (including phenoxy) is 2. The molecule has 0 atom stereocenters. The van der Waals surface area contributed by atoms with Crippen molar-refractivity contribution in [3.63, 3.8) is 0 Å². The summed E-state index contributed by atoms with van der Waals surface area (Å²) in [6.45, 7) is 1.95. The van der Waals surface area contributed by atoms with Crippen LogP contribution in [0, 0.1) is 0 Å². The smallest absolute Gasteiger partial charge is 0.490 e. The molecule has 8 nitrogen and oxygen atoms in total. The highest BCUT2D eigenvalue weighted by Gasteiger charge is 2.38. The number of nitrogens with one attached hydrogen (secondary N) is 1. The number of nitrogens with zero attached hydrogens (tertiary/aromatic N) is 2. The Morgan fingerprint density at radius 3 is 2.47 bits per heavy atom. The summed E-state index contributed by atoms with van der Waals surface area (Å²) >= 11 is 0. The van der Waals surface area contributed by atoms with Crippen LogP contribution in [0.5, 0.6) is 11.5 Å². The van der Waals surface area contributed by atoms with Crippen LogP contribution in [0.1, 0.15) is 12.8 Å². The van der Waals surface area contributed by atoms with Gasteiger partial charge in [0.25, 0.3) is 5.56 Å². The minimum atomic E-state index is -5.08. The Kier molecular flexibility index (Phi) is 7.77. The number of methoxy groups -OCH3 is 1. The molecule has 182 valence electrons. The number of halogens is 3. The molecular weight excluding hydrogens is 455 g/mol. The highest BCUT2D eigenvalue weighted by molar-refractivity contribution is 5.95. The quantitative estimate of drug-likeness (QED) is 0.592. The molecular formula is C23H24F3N3O5. The number of benzene rings is 1. The first-order valence-corrected chi connectivity index (χ1v) is 10.4. The number of hydrogen-bond donors (Lipinski definition) is 2. The van der Waals surface area contributed by atoms with Gasteiger partial charge in [-0.1, -0.05) is 6.07 Å². The number of carboxylic acid groups (broad SMARTS) is 1. The average molecular weight is 479 g/mol. The van der Waals surface area contributed by atoms with Gasteiger partial charge in [-0.3, -0.25) is 9.78 Å². The molecule has 1 aliphatic heterocycles. The summed E-state index contributed by atoms with van der Waals surface area (Å²) in [5.74, 6) is -1.31. The lowest BCUT2D eigenvalue weighted by Gasteiger charge is -2.25. The first-order valence-electron chi connectivity index (χ1n) is 10.4. The summed E-state index contributed by atoms with van der Waals surface area (Å²) in [4.78, 5) is 25.4. The second kappa shape index (κ2) is 10.6. The first-order chi connectivity index (χ1) is 16.1. The number of fused-ring (bicyclic) bond motifs is 1. The summed E-state index contributed by atoms with van der Waals surface area (Å²) < 4.78 is 45.1. The minimum absolute atomic E-state index is 0.0559. The van der Waals surface area contributed by atoms with Gasteiger partial charge in [0, 0.05) is 31.2 Å². The highest BCUT2D eigenvalue weighted by Crippen LogP contribution is 2.35. The van der Waals surface area contributed by atoms with E-state index in [2.05, 4.69) is 10.3 Å². The average Bonchev–Trinajstić information content (AvgIpc) is 2.82. The minimum Gasteiger partial charge on any atom is -0.493 e. The molecule has 0 bridgehead atoms. The van der Waals surface area contributed by atoms with Crippen LogP contribution < -0.4 is 20.3 Å². The Hall–Kier alpha value is -3.60. The van der Waals surface area contributed by atoms with Crippen LogP contribution >= 0.6 is 0 Å². The van der Waals surface area contributed by atoms with Crippen LogP contribution in [0.4, 0.5) is 13.2 Å². The molecule has 11 heteroatoms. The molecule has 2 N–H and O–H groups in total. The third-order valence-corrected chi connectivity index (χ3v) is 5.28. The fourth-order valence-electron chi connectivity index (χ4n) is 3.57. The summed E-state index contributed by atoms with van der Waals surface area (Å²) in [5.41, 5.74) is 1.87. The molecule has 4 rings (SSSR count). The fourth-order valence-corrected chi connectivity index (χ4v) is 3.57. The maximum Gasteiger partial charge on any atom is 0.490 e. The number of pyridine rings is 2. The first kappa shape index (κ1) is 25.0. The van der Waals surface area contributed by atoms with Crippen molar-refractivity contribution in [3.8, 4) is 22.6 Å². The number of carbonyl (C=O) groups is 1. The molecule has 0 radical (unpaired) electrons. The second-order valence-electron chi connectivity index (χ2n) is 7.62. The van der Waals surface area contributed by atoms with Crippen molar-refractivity contribution < 1.29 is 32.5 Å². The number of piperidine rings is 1. The standard InChI is InChI=1S/C21H23N3O3.C2HF3O2/c1-24-13-18(16-7-10-23-12-17(16)21(24)25)14-3-4-19(20(11-14)26-2)27-15-5-8-22-9-6-15;3-2(4,5)1(6)7/h3-4,7,10-13,15,22H,5-6,8-9H2,1-2H3;(H,6,7). The SMILES string of the molecule is COc1cc(-c2cn(C)c(=O)c3cnccc23)ccc1OC1CCNCC1.O=C(O)C(F)(F)F. The van der Waals surface area contributed by atoms with Gasteiger partial charge < -0.3 is 24.5 Å². The third-order valence-electron chi connectivity index (χ3n) is 5.28. The van der Waals surface area contributed by atoms with Gasteiger partial charge in [-0.15, -0.1) is 0 Å². The molecule has 0 aliphatic carbocycles. The van der Waals surface area contributed by atoms with Crippen molar-refractivity contribution >= 4 is 16.7 Å². The molecule has 2 aromatic heterocycles. The summed E-state index contributed by atoms with van der Waals surface area (Å²) in [6, 6.07) is 7.81. The Labute approximate surface area is 192 Å². The van der Waals surface area contributed by atoms with E-state index in [0.29, 0.717) is 11.1 Å². The van der Waals surface area contributed by atoms with Crippen molar-refractivity contribution in [2.75, 3.05) is 20.2 Å². The van der Waals surface area contributed by atoms with Crippen molar-refractivity contribution in [2.24, 2.45) is 7.05 Å². The lowest BCUT2D eigenvalue weighted by Crippen LogP contribution is -2.34. The van der Waals surface area contributed by atoms with E-state index in [9.17, 15) is 18.0 Å². The number of aryl methyl sites for hydroxylation is 1. The number of alkyl halides is 3.